The molecule has 0 radical (unpaired) electrons. The summed E-state index contributed by atoms with van der Waals surface area (Å²) >= 11 is 5.03. The number of para-hydroxylation sites is 2. The van der Waals surface area contributed by atoms with E-state index in [0.29, 0.717) is 33.8 Å². The second-order valence-corrected chi connectivity index (χ2v) is 5.48. The number of furan rings is 1. The fourth-order valence-electron chi connectivity index (χ4n) is 2.20. The summed E-state index contributed by atoms with van der Waals surface area (Å²) in [6, 6.07) is 10.9. The lowest BCUT2D eigenvalue weighted by Crippen LogP contribution is -2.25. The van der Waals surface area contributed by atoms with E-state index in [0.717, 1.165) is 0 Å². The summed E-state index contributed by atoms with van der Waals surface area (Å²) in [4.78, 5) is 13.3. The number of rotatable bonds is 5. The number of hydrogen-bond donors (Lipinski definition) is 1. The lowest BCUT2D eigenvalue weighted by atomic mass is 10.3. The second-order valence-electron chi connectivity index (χ2n) is 5.10. The van der Waals surface area contributed by atoms with Gasteiger partial charge < -0.3 is 19.2 Å². The molecule has 2 heterocycles. The highest BCUT2D eigenvalue weighted by atomic mass is 32.1. The van der Waals surface area contributed by atoms with Gasteiger partial charge in [-0.3, -0.25) is 9.69 Å². The maximum Gasteiger partial charge on any atom is 0.276 e. The fraction of sp³-hybridized carbons (Fsp3) is 0.176. The van der Waals surface area contributed by atoms with Crippen LogP contribution in [0.4, 0.5) is 0 Å². The van der Waals surface area contributed by atoms with Crippen LogP contribution >= 0.6 is 12.2 Å². The quantitative estimate of drug-likeness (QED) is 0.664. The number of carbonyl (C=O) groups is 1. The number of amides is 1. The third-order valence-electron chi connectivity index (χ3n) is 3.49. The van der Waals surface area contributed by atoms with E-state index in [2.05, 4.69) is 5.32 Å². The van der Waals surface area contributed by atoms with Gasteiger partial charge in [-0.05, 0) is 36.5 Å². The fourth-order valence-corrected chi connectivity index (χ4v) is 2.39. The Morgan fingerprint density at radius 3 is 2.67 bits per heavy atom. The average molecular weight is 344 g/mol. The van der Waals surface area contributed by atoms with Crippen molar-refractivity contribution < 1.29 is 18.7 Å². The summed E-state index contributed by atoms with van der Waals surface area (Å²) in [5.74, 6) is 2.28. The van der Waals surface area contributed by atoms with Gasteiger partial charge in [0.05, 0.1) is 7.11 Å². The van der Waals surface area contributed by atoms with Gasteiger partial charge in [0.1, 0.15) is 23.8 Å². The van der Waals surface area contributed by atoms with E-state index < -0.39 is 0 Å². The monoisotopic (exact) mass is 344 g/mol. The van der Waals surface area contributed by atoms with Crippen LogP contribution in [0.3, 0.4) is 0 Å². The Morgan fingerprint density at radius 1 is 1.25 bits per heavy atom. The minimum absolute atomic E-state index is 0.191. The molecule has 24 heavy (non-hydrogen) atoms. The Labute approximate surface area is 144 Å². The summed E-state index contributed by atoms with van der Waals surface area (Å²) in [5, 5.41) is 3.22. The molecule has 1 N–H and O–H groups in total. The van der Waals surface area contributed by atoms with Crippen molar-refractivity contribution in [3.05, 3.63) is 53.6 Å². The van der Waals surface area contributed by atoms with Gasteiger partial charge >= 0.3 is 0 Å². The number of hydrogen-bond acceptors (Lipinski definition) is 5. The Hall–Kier alpha value is -2.80. The van der Waals surface area contributed by atoms with Crippen molar-refractivity contribution >= 4 is 29.3 Å². The third kappa shape index (κ3) is 3.26. The van der Waals surface area contributed by atoms with Crippen LogP contribution in [0.5, 0.6) is 11.5 Å². The molecule has 7 heteroatoms. The summed E-state index contributed by atoms with van der Waals surface area (Å²) < 4.78 is 16.6. The van der Waals surface area contributed by atoms with Crippen molar-refractivity contribution in [2.45, 2.75) is 6.61 Å². The van der Waals surface area contributed by atoms with Gasteiger partial charge in [-0.15, -0.1) is 0 Å². The first-order valence-electron chi connectivity index (χ1n) is 7.24. The van der Waals surface area contributed by atoms with Crippen LogP contribution in [0.25, 0.3) is 6.08 Å². The summed E-state index contributed by atoms with van der Waals surface area (Å²) in [5.41, 5.74) is 0.383. The SMILES string of the molecule is COc1ccccc1OCc1ccc(/C=C2/NC(=S)N(C)C2=O)o1. The number of thiocarbonyl (C=S) groups is 1. The molecule has 0 atom stereocenters. The van der Waals surface area contributed by atoms with Crippen molar-refractivity contribution in [3.63, 3.8) is 0 Å². The molecule has 0 spiro atoms. The van der Waals surface area contributed by atoms with E-state index in [1.165, 1.54) is 4.90 Å². The molecule has 1 aliphatic rings. The standard InChI is InChI=1S/C17H16N2O4S/c1-19-16(20)13(18-17(19)24)9-11-7-8-12(23-11)10-22-15-6-4-3-5-14(15)21-2/h3-9H,10H2,1-2H3,(H,18,24)/b13-9+. The molecular weight excluding hydrogens is 328 g/mol. The van der Waals surface area contributed by atoms with Crippen LogP contribution in [-0.2, 0) is 11.4 Å². The minimum Gasteiger partial charge on any atom is -0.493 e. The number of benzene rings is 1. The van der Waals surface area contributed by atoms with E-state index in [9.17, 15) is 4.79 Å². The highest BCUT2D eigenvalue weighted by Crippen LogP contribution is 2.27. The summed E-state index contributed by atoms with van der Waals surface area (Å²) in [6.45, 7) is 0.253. The average Bonchev–Trinajstić information content (AvgIpc) is 3.14. The third-order valence-corrected chi connectivity index (χ3v) is 3.87. The highest BCUT2D eigenvalue weighted by Gasteiger charge is 2.27. The van der Waals surface area contributed by atoms with Crippen molar-refractivity contribution in [1.82, 2.24) is 10.2 Å². The molecule has 0 bridgehead atoms. The van der Waals surface area contributed by atoms with Gasteiger partial charge in [0.25, 0.3) is 5.91 Å². The van der Waals surface area contributed by atoms with Crippen molar-refractivity contribution in [2.75, 3.05) is 14.2 Å². The Kier molecular flexibility index (Phi) is 4.52. The molecule has 2 aromatic rings. The largest absolute Gasteiger partial charge is 0.493 e. The zero-order valence-electron chi connectivity index (χ0n) is 13.2. The van der Waals surface area contributed by atoms with Gasteiger partial charge in [0.15, 0.2) is 16.6 Å². The van der Waals surface area contributed by atoms with Crippen LogP contribution in [0.15, 0.2) is 46.5 Å². The normalized spacial score (nSPS) is 15.8. The molecule has 1 aliphatic heterocycles. The number of ether oxygens (including phenoxy) is 2. The first-order chi connectivity index (χ1) is 11.6. The Morgan fingerprint density at radius 2 is 2.00 bits per heavy atom. The van der Waals surface area contributed by atoms with Gasteiger partial charge in [-0.1, -0.05) is 12.1 Å². The maximum atomic E-state index is 11.9. The van der Waals surface area contributed by atoms with E-state index in [-0.39, 0.29) is 12.5 Å². The predicted octanol–water partition coefficient (Wildman–Crippen LogP) is 2.55. The molecule has 0 aliphatic carbocycles. The van der Waals surface area contributed by atoms with Gasteiger partial charge in [0.2, 0.25) is 0 Å². The molecule has 1 fully saturated rings. The summed E-state index contributed by atoms with van der Waals surface area (Å²) in [7, 11) is 3.21. The molecule has 124 valence electrons. The zero-order chi connectivity index (χ0) is 17.1. The minimum atomic E-state index is -0.191. The molecular formula is C17H16N2O4S. The first-order valence-corrected chi connectivity index (χ1v) is 7.64. The van der Waals surface area contributed by atoms with E-state index >= 15 is 0 Å². The number of carbonyl (C=O) groups excluding carboxylic acids is 1. The lowest BCUT2D eigenvalue weighted by molar-refractivity contribution is -0.121. The van der Waals surface area contributed by atoms with Crippen LogP contribution in [0, 0.1) is 0 Å². The lowest BCUT2D eigenvalue weighted by Gasteiger charge is -2.08. The molecule has 1 aromatic carbocycles. The van der Waals surface area contributed by atoms with E-state index in [4.69, 9.17) is 26.1 Å². The van der Waals surface area contributed by atoms with Gasteiger partial charge in [-0.25, -0.2) is 0 Å². The van der Waals surface area contributed by atoms with Crippen LogP contribution in [-0.4, -0.2) is 30.1 Å². The first kappa shape index (κ1) is 16.1. The zero-order valence-corrected chi connectivity index (χ0v) is 14.1. The van der Waals surface area contributed by atoms with E-state index in [1.54, 1.807) is 32.4 Å². The molecule has 6 nitrogen and oxygen atoms in total. The van der Waals surface area contributed by atoms with Crippen LogP contribution in [0.2, 0.25) is 0 Å². The number of methoxy groups -OCH3 is 1. The number of likely N-dealkylation sites (N-methyl/N-ethyl adjacent to an activating group) is 1. The van der Waals surface area contributed by atoms with Crippen LogP contribution < -0.4 is 14.8 Å². The smallest absolute Gasteiger partial charge is 0.276 e. The van der Waals surface area contributed by atoms with Crippen molar-refractivity contribution in [2.24, 2.45) is 0 Å². The highest BCUT2D eigenvalue weighted by molar-refractivity contribution is 7.80. The van der Waals surface area contributed by atoms with E-state index in [1.807, 2.05) is 24.3 Å². The number of nitrogens with zero attached hydrogens (tertiary/aromatic N) is 1. The van der Waals surface area contributed by atoms with Gasteiger partial charge in [0, 0.05) is 13.1 Å². The molecule has 3 rings (SSSR count). The van der Waals surface area contributed by atoms with Crippen LogP contribution in [0.1, 0.15) is 11.5 Å². The molecule has 1 saturated heterocycles. The topological polar surface area (TPSA) is 63.9 Å². The molecule has 1 amide bonds. The Bertz CT molecular complexity index is 812. The molecule has 0 saturated carbocycles. The van der Waals surface area contributed by atoms with Crippen molar-refractivity contribution in [1.29, 1.82) is 0 Å². The maximum absolute atomic E-state index is 11.9. The molecule has 0 unspecified atom stereocenters. The van der Waals surface area contributed by atoms with Crippen molar-refractivity contribution in [3.8, 4) is 11.5 Å². The number of nitrogens with one attached hydrogen (secondary N) is 1. The Balaban J connectivity index is 1.68. The second kappa shape index (κ2) is 6.76. The predicted molar refractivity (Wildman–Crippen MR) is 92.5 cm³/mol. The van der Waals surface area contributed by atoms with Gasteiger partial charge in [-0.2, -0.15) is 0 Å². The molecule has 1 aromatic heterocycles. The summed E-state index contributed by atoms with van der Waals surface area (Å²) in [6.07, 6.45) is 1.62.